The van der Waals surface area contributed by atoms with Crippen LogP contribution in [0.3, 0.4) is 0 Å². The number of benzene rings is 1. The monoisotopic (exact) mass is 332 g/mol. The van der Waals surface area contributed by atoms with Crippen LogP contribution in [0.1, 0.15) is 24.4 Å². The van der Waals surface area contributed by atoms with Crippen molar-refractivity contribution in [3.8, 4) is 5.75 Å². The molecule has 3 N–H and O–H groups in total. The number of carboxylic acids is 2. The first-order valence-corrected chi connectivity index (χ1v) is 7.86. The van der Waals surface area contributed by atoms with E-state index in [-0.39, 0.29) is 6.54 Å². The Morgan fingerprint density at radius 1 is 1.38 bits per heavy atom. The second-order valence-corrected chi connectivity index (χ2v) is 6.07. The van der Waals surface area contributed by atoms with Gasteiger partial charge < -0.3 is 19.9 Å². The molecule has 2 atom stereocenters. The van der Waals surface area contributed by atoms with E-state index >= 15 is 0 Å². The summed E-state index contributed by atoms with van der Waals surface area (Å²) in [6.45, 7) is 0.806. The summed E-state index contributed by atoms with van der Waals surface area (Å²) < 4.78 is 5.23. The average molecular weight is 332 g/mol. The average Bonchev–Trinajstić information content (AvgIpc) is 2.98. The van der Waals surface area contributed by atoms with Gasteiger partial charge >= 0.3 is 11.9 Å². The summed E-state index contributed by atoms with van der Waals surface area (Å²) >= 11 is 0. The number of fused-ring (bicyclic) bond motifs is 1. The molecule has 24 heavy (non-hydrogen) atoms. The molecule has 0 radical (unpaired) electrons. The summed E-state index contributed by atoms with van der Waals surface area (Å²) in [7, 11) is 1.56. The number of nitrogens with one attached hydrogen (secondary N) is 1. The van der Waals surface area contributed by atoms with Gasteiger partial charge in [-0.25, -0.2) is 0 Å². The predicted octanol–water partition coefficient (Wildman–Crippen LogP) is 2.10. The molecule has 1 aromatic heterocycles. The van der Waals surface area contributed by atoms with Gasteiger partial charge in [0.15, 0.2) is 0 Å². The molecular weight excluding hydrogens is 312 g/mol. The number of ether oxygens (including phenoxy) is 1. The molecule has 2 aromatic rings. The minimum atomic E-state index is -0.982. The van der Waals surface area contributed by atoms with Crippen LogP contribution in [-0.2, 0) is 9.59 Å². The van der Waals surface area contributed by atoms with E-state index in [0.29, 0.717) is 30.7 Å². The van der Waals surface area contributed by atoms with E-state index < -0.39 is 23.9 Å². The molecule has 1 fully saturated rings. The molecule has 7 nitrogen and oxygen atoms in total. The molecule has 128 valence electrons. The van der Waals surface area contributed by atoms with Gasteiger partial charge in [-0.3, -0.25) is 14.5 Å². The standard InChI is InChI=1S/C17H20N2O5/c1-24-11-4-5-14-12(7-11)13(8-18-14)15(17(22)23)19-6-2-3-10(9-19)16(20)21/h4-5,7-8,10,15,18H,2-3,6,9H2,1H3,(H,20,21)(H,22,23). The van der Waals surface area contributed by atoms with Gasteiger partial charge in [-0.15, -0.1) is 0 Å². The van der Waals surface area contributed by atoms with Crippen LogP contribution in [-0.4, -0.2) is 52.2 Å². The highest BCUT2D eigenvalue weighted by molar-refractivity contribution is 5.90. The number of methoxy groups -OCH3 is 1. The molecule has 2 unspecified atom stereocenters. The molecule has 1 aliphatic rings. The van der Waals surface area contributed by atoms with Crippen molar-refractivity contribution in [3.05, 3.63) is 30.0 Å². The Balaban J connectivity index is 1.99. The quantitative estimate of drug-likeness (QED) is 0.775. The van der Waals surface area contributed by atoms with Crippen LogP contribution in [0.4, 0.5) is 0 Å². The van der Waals surface area contributed by atoms with Crippen molar-refractivity contribution >= 4 is 22.8 Å². The SMILES string of the molecule is COc1ccc2[nH]cc(C(C(=O)O)N3CCCC(C(=O)O)C3)c2c1. The summed E-state index contributed by atoms with van der Waals surface area (Å²) in [6, 6.07) is 4.57. The zero-order valence-corrected chi connectivity index (χ0v) is 13.4. The van der Waals surface area contributed by atoms with Crippen molar-refractivity contribution in [2.75, 3.05) is 20.2 Å². The molecule has 0 aliphatic carbocycles. The van der Waals surface area contributed by atoms with E-state index in [4.69, 9.17) is 4.74 Å². The molecule has 1 aliphatic heterocycles. The Hall–Kier alpha value is -2.54. The maximum atomic E-state index is 11.9. The molecule has 1 aromatic carbocycles. The molecule has 0 spiro atoms. The number of aromatic amines is 1. The first kappa shape index (κ1) is 16.3. The number of hydrogen-bond donors (Lipinski definition) is 3. The Bertz CT molecular complexity index is 769. The highest BCUT2D eigenvalue weighted by atomic mass is 16.5. The van der Waals surface area contributed by atoms with Gasteiger partial charge in [0.25, 0.3) is 0 Å². The van der Waals surface area contributed by atoms with E-state index in [1.807, 2.05) is 6.07 Å². The van der Waals surface area contributed by atoms with Gasteiger partial charge in [0, 0.05) is 29.2 Å². The number of hydrogen-bond acceptors (Lipinski definition) is 4. The highest BCUT2D eigenvalue weighted by Gasteiger charge is 2.35. The number of carbonyl (C=O) groups is 2. The first-order valence-electron chi connectivity index (χ1n) is 7.86. The summed E-state index contributed by atoms with van der Waals surface area (Å²) in [4.78, 5) is 28.0. The van der Waals surface area contributed by atoms with Gasteiger partial charge in [0.2, 0.25) is 0 Å². The zero-order chi connectivity index (χ0) is 17.3. The van der Waals surface area contributed by atoms with E-state index in [1.54, 1.807) is 30.3 Å². The maximum Gasteiger partial charge on any atom is 0.325 e. The fraction of sp³-hybridized carbons (Fsp3) is 0.412. The number of rotatable bonds is 5. The van der Waals surface area contributed by atoms with E-state index in [0.717, 1.165) is 10.9 Å². The fourth-order valence-electron chi connectivity index (χ4n) is 3.40. The Kier molecular flexibility index (Phi) is 4.44. The summed E-state index contributed by atoms with van der Waals surface area (Å²) in [5.74, 6) is -1.73. The number of aromatic nitrogens is 1. The van der Waals surface area contributed by atoms with Gasteiger partial charge in [-0.1, -0.05) is 0 Å². The van der Waals surface area contributed by atoms with Crippen LogP contribution in [0.2, 0.25) is 0 Å². The number of H-pyrrole nitrogens is 1. The van der Waals surface area contributed by atoms with Gasteiger partial charge in [0.05, 0.1) is 13.0 Å². The van der Waals surface area contributed by atoms with Crippen molar-refractivity contribution in [1.82, 2.24) is 9.88 Å². The smallest absolute Gasteiger partial charge is 0.325 e. The van der Waals surface area contributed by atoms with Crippen LogP contribution >= 0.6 is 0 Å². The van der Waals surface area contributed by atoms with Crippen molar-refractivity contribution in [2.45, 2.75) is 18.9 Å². The molecule has 0 saturated carbocycles. The van der Waals surface area contributed by atoms with Gasteiger partial charge in [-0.05, 0) is 37.6 Å². The van der Waals surface area contributed by atoms with Crippen LogP contribution in [0.15, 0.2) is 24.4 Å². The van der Waals surface area contributed by atoms with E-state index in [1.165, 1.54) is 0 Å². The molecule has 3 rings (SSSR count). The second kappa shape index (κ2) is 6.52. The molecular formula is C17H20N2O5. The molecule has 0 bridgehead atoms. The molecule has 1 saturated heterocycles. The number of piperidine rings is 1. The van der Waals surface area contributed by atoms with Crippen LogP contribution in [0.5, 0.6) is 5.75 Å². The van der Waals surface area contributed by atoms with Gasteiger partial charge in [-0.2, -0.15) is 0 Å². The van der Waals surface area contributed by atoms with Crippen molar-refractivity contribution in [3.63, 3.8) is 0 Å². The first-order chi connectivity index (χ1) is 11.5. The second-order valence-electron chi connectivity index (χ2n) is 6.07. The maximum absolute atomic E-state index is 11.9. The van der Waals surface area contributed by atoms with Crippen molar-refractivity contribution < 1.29 is 24.5 Å². The highest BCUT2D eigenvalue weighted by Crippen LogP contribution is 2.33. The van der Waals surface area contributed by atoms with E-state index in [9.17, 15) is 19.8 Å². The number of nitrogens with zero attached hydrogens (tertiary/aromatic N) is 1. The van der Waals surface area contributed by atoms with Crippen molar-refractivity contribution in [1.29, 1.82) is 0 Å². The Labute approximate surface area is 138 Å². The Morgan fingerprint density at radius 3 is 2.83 bits per heavy atom. The fourth-order valence-corrected chi connectivity index (χ4v) is 3.40. The number of likely N-dealkylation sites (tertiary alicyclic amines) is 1. The summed E-state index contributed by atoms with van der Waals surface area (Å²) in [6.07, 6.45) is 2.94. The number of aliphatic carboxylic acids is 2. The van der Waals surface area contributed by atoms with Gasteiger partial charge in [0.1, 0.15) is 11.8 Å². The summed E-state index contributed by atoms with van der Waals surface area (Å²) in [5, 5.41) is 19.8. The normalized spacial score (nSPS) is 20.0. The molecule has 7 heteroatoms. The lowest BCUT2D eigenvalue weighted by Crippen LogP contribution is -2.43. The zero-order valence-electron chi connectivity index (χ0n) is 13.4. The third-order valence-corrected chi connectivity index (χ3v) is 4.62. The summed E-state index contributed by atoms with van der Waals surface area (Å²) in [5.41, 5.74) is 1.45. The number of carboxylic acid groups (broad SMARTS) is 2. The topological polar surface area (TPSA) is 103 Å². The predicted molar refractivity (Wildman–Crippen MR) is 87.2 cm³/mol. The lowest BCUT2D eigenvalue weighted by Gasteiger charge is -2.34. The third-order valence-electron chi connectivity index (χ3n) is 4.62. The Morgan fingerprint density at radius 2 is 2.17 bits per heavy atom. The van der Waals surface area contributed by atoms with E-state index in [2.05, 4.69) is 4.98 Å². The minimum absolute atomic E-state index is 0.239. The largest absolute Gasteiger partial charge is 0.497 e. The van der Waals surface area contributed by atoms with Crippen LogP contribution in [0.25, 0.3) is 10.9 Å². The van der Waals surface area contributed by atoms with Crippen LogP contribution in [0, 0.1) is 5.92 Å². The lowest BCUT2D eigenvalue weighted by molar-refractivity contribution is -0.149. The minimum Gasteiger partial charge on any atom is -0.497 e. The third kappa shape index (κ3) is 2.94. The van der Waals surface area contributed by atoms with Crippen molar-refractivity contribution in [2.24, 2.45) is 5.92 Å². The lowest BCUT2D eigenvalue weighted by atomic mass is 9.94. The molecule has 2 heterocycles. The van der Waals surface area contributed by atoms with Crippen LogP contribution < -0.4 is 4.74 Å². The molecule has 0 amide bonds.